The zero-order valence-corrected chi connectivity index (χ0v) is 16.8. The lowest BCUT2D eigenvalue weighted by Crippen LogP contribution is -2.10. The maximum absolute atomic E-state index is 14.7. The highest BCUT2D eigenvalue weighted by molar-refractivity contribution is 7.11. The van der Waals surface area contributed by atoms with E-state index in [0.29, 0.717) is 30.8 Å². The largest absolute Gasteiger partial charge is 0.475 e. The molecule has 0 aliphatic heterocycles. The summed E-state index contributed by atoms with van der Waals surface area (Å²) in [6.45, 7) is 6.36. The fraction of sp³-hybridized carbons (Fsp3) is 0.421. The second kappa shape index (κ2) is 7.75. The number of nitrogens with one attached hydrogen (secondary N) is 1. The Kier molecular flexibility index (Phi) is 5.17. The van der Waals surface area contributed by atoms with Crippen molar-refractivity contribution in [1.82, 2.24) is 25.1 Å². The lowest BCUT2D eigenvalue weighted by molar-refractivity contribution is 0.269. The molecule has 1 aliphatic rings. The van der Waals surface area contributed by atoms with Crippen LogP contribution in [0.5, 0.6) is 5.88 Å². The van der Waals surface area contributed by atoms with E-state index in [-0.39, 0.29) is 11.7 Å². The van der Waals surface area contributed by atoms with Gasteiger partial charge >= 0.3 is 0 Å². The van der Waals surface area contributed by atoms with Gasteiger partial charge in [-0.25, -0.2) is 4.98 Å². The van der Waals surface area contributed by atoms with Gasteiger partial charge < -0.3 is 10.1 Å². The van der Waals surface area contributed by atoms with Gasteiger partial charge in [0, 0.05) is 23.7 Å². The molecule has 1 fully saturated rings. The minimum absolute atomic E-state index is 0.0223. The van der Waals surface area contributed by atoms with Gasteiger partial charge in [-0.05, 0) is 38.8 Å². The number of aryl methyl sites for hydroxylation is 3. The summed E-state index contributed by atoms with van der Waals surface area (Å²) in [5.41, 5.74) is 2.20. The first-order valence-electron chi connectivity index (χ1n) is 9.12. The highest BCUT2D eigenvalue weighted by Gasteiger charge is 2.40. The molecule has 1 aliphatic carbocycles. The molecule has 3 heterocycles. The van der Waals surface area contributed by atoms with Crippen molar-refractivity contribution in [2.45, 2.75) is 39.7 Å². The summed E-state index contributed by atoms with van der Waals surface area (Å²) in [4.78, 5) is 12.7. The molecule has 3 aromatic heterocycles. The number of halogens is 1. The fourth-order valence-corrected chi connectivity index (χ4v) is 3.64. The molecule has 4 rings (SSSR count). The summed E-state index contributed by atoms with van der Waals surface area (Å²) in [5, 5.41) is 12.6. The van der Waals surface area contributed by atoms with Crippen LogP contribution < -0.4 is 10.1 Å². The van der Waals surface area contributed by atoms with Crippen LogP contribution in [0.2, 0.25) is 0 Å². The Labute approximate surface area is 166 Å². The van der Waals surface area contributed by atoms with Gasteiger partial charge in [-0.1, -0.05) is 17.4 Å². The van der Waals surface area contributed by atoms with E-state index < -0.39 is 5.82 Å². The average Bonchev–Trinajstić information content (AvgIpc) is 3.33. The minimum atomic E-state index is -0.586. The molecule has 0 saturated heterocycles. The monoisotopic (exact) mass is 400 g/mol. The van der Waals surface area contributed by atoms with E-state index in [1.165, 1.54) is 11.3 Å². The first-order valence-corrected chi connectivity index (χ1v) is 9.93. The van der Waals surface area contributed by atoms with Crippen LogP contribution in [0.25, 0.3) is 0 Å². The quantitative estimate of drug-likeness (QED) is 0.649. The van der Waals surface area contributed by atoms with Crippen LogP contribution >= 0.6 is 11.3 Å². The van der Waals surface area contributed by atoms with E-state index >= 15 is 0 Å². The number of anilines is 1. The molecule has 3 aromatic rings. The lowest BCUT2D eigenvalue weighted by atomic mass is 10.2. The Bertz CT molecular complexity index is 977. The number of hydrogen-bond acceptors (Lipinski definition) is 8. The molecule has 0 spiro atoms. The van der Waals surface area contributed by atoms with Crippen LogP contribution in [0.15, 0.2) is 18.3 Å². The topological polar surface area (TPSA) is 85.7 Å². The van der Waals surface area contributed by atoms with Gasteiger partial charge in [0.2, 0.25) is 5.82 Å². The Hall–Kier alpha value is -2.68. The molecule has 146 valence electrons. The summed E-state index contributed by atoms with van der Waals surface area (Å²) in [6.07, 6.45) is 2.86. The van der Waals surface area contributed by atoms with Crippen LogP contribution in [0.1, 0.15) is 39.4 Å². The zero-order chi connectivity index (χ0) is 19.7. The summed E-state index contributed by atoms with van der Waals surface area (Å²) in [7, 11) is 0. The van der Waals surface area contributed by atoms with Crippen molar-refractivity contribution in [3.8, 4) is 5.88 Å². The Balaban J connectivity index is 1.38. The molecule has 0 amide bonds. The van der Waals surface area contributed by atoms with E-state index in [4.69, 9.17) is 4.74 Å². The summed E-state index contributed by atoms with van der Waals surface area (Å²) >= 11 is 1.45. The maximum atomic E-state index is 14.7. The normalized spacial score (nSPS) is 18.1. The van der Waals surface area contributed by atoms with Crippen molar-refractivity contribution in [3.05, 3.63) is 51.2 Å². The van der Waals surface area contributed by atoms with Gasteiger partial charge in [0.25, 0.3) is 5.88 Å². The molecule has 1 N–H and O–H groups in total. The Morgan fingerprint density at radius 3 is 2.79 bits per heavy atom. The summed E-state index contributed by atoms with van der Waals surface area (Å²) < 4.78 is 20.4. The third-order valence-corrected chi connectivity index (χ3v) is 5.42. The van der Waals surface area contributed by atoms with E-state index in [0.717, 1.165) is 27.7 Å². The Morgan fingerprint density at radius 1 is 1.21 bits per heavy atom. The third-order valence-electron chi connectivity index (χ3n) is 4.58. The molecule has 7 nitrogen and oxygen atoms in total. The van der Waals surface area contributed by atoms with Crippen LogP contribution in [-0.2, 0) is 6.54 Å². The molecule has 28 heavy (non-hydrogen) atoms. The Morgan fingerprint density at radius 2 is 2.07 bits per heavy atom. The van der Waals surface area contributed by atoms with Crippen molar-refractivity contribution in [2.75, 3.05) is 11.9 Å². The third kappa shape index (κ3) is 4.24. The molecular formula is C19H21FN6OS. The SMILES string of the molecule is Cc1ccc(C2CC2COc2nc(C)nc(NCc3nnc(C)s3)c2F)nc1. The second-order valence-corrected chi connectivity index (χ2v) is 8.25. The van der Waals surface area contributed by atoms with Gasteiger partial charge in [-0.15, -0.1) is 10.2 Å². The predicted octanol–water partition coefficient (Wildman–Crippen LogP) is 3.58. The lowest BCUT2D eigenvalue weighted by Gasteiger charge is -2.11. The summed E-state index contributed by atoms with van der Waals surface area (Å²) in [5.74, 6) is 0.641. The van der Waals surface area contributed by atoms with E-state index in [1.54, 1.807) is 6.92 Å². The van der Waals surface area contributed by atoms with E-state index in [2.05, 4.69) is 36.5 Å². The standard InChI is InChI=1S/C19H21FN6OS/c1-10-4-5-15(21-7-10)14-6-13(14)9-27-19-17(20)18(23-11(2)24-19)22-8-16-26-25-12(3)28-16/h4-5,7,13-14H,6,8-9H2,1-3H3,(H,22,23,24). The first kappa shape index (κ1) is 18.7. The molecule has 0 aromatic carbocycles. The number of rotatable bonds is 7. The van der Waals surface area contributed by atoms with Crippen molar-refractivity contribution >= 4 is 17.2 Å². The van der Waals surface area contributed by atoms with Crippen molar-refractivity contribution in [1.29, 1.82) is 0 Å². The molecule has 0 bridgehead atoms. The molecule has 9 heteroatoms. The van der Waals surface area contributed by atoms with E-state index in [1.807, 2.05) is 26.1 Å². The molecule has 0 radical (unpaired) electrons. The van der Waals surface area contributed by atoms with Crippen LogP contribution in [0.4, 0.5) is 10.2 Å². The fourth-order valence-electron chi connectivity index (χ4n) is 2.99. The van der Waals surface area contributed by atoms with Crippen molar-refractivity contribution in [3.63, 3.8) is 0 Å². The number of ether oxygens (including phenoxy) is 1. The predicted molar refractivity (Wildman–Crippen MR) is 104 cm³/mol. The molecule has 1 saturated carbocycles. The molecule has 2 atom stereocenters. The first-order chi connectivity index (χ1) is 13.5. The van der Waals surface area contributed by atoms with Crippen LogP contribution in [0.3, 0.4) is 0 Å². The number of pyridine rings is 1. The van der Waals surface area contributed by atoms with Gasteiger partial charge in [-0.3, -0.25) is 4.98 Å². The summed E-state index contributed by atoms with van der Waals surface area (Å²) in [6, 6.07) is 4.11. The number of nitrogens with zero attached hydrogens (tertiary/aromatic N) is 5. The van der Waals surface area contributed by atoms with Gasteiger partial charge in [0.05, 0.1) is 13.2 Å². The highest BCUT2D eigenvalue weighted by atomic mass is 32.1. The highest BCUT2D eigenvalue weighted by Crippen LogP contribution is 2.46. The molecular weight excluding hydrogens is 379 g/mol. The maximum Gasteiger partial charge on any atom is 0.256 e. The van der Waals surface area contributed by atoms with Gasteiger partial charge in [-0.2, -0.15) is 9.37 Å². The van der Waals surface area contributed by atoms with Gasteiger partial charge in [0.15, 0.2) is 5.82 Å². The number of hydrogen-bond donors (Lipinski definition) is 1. The van der Waals surface area contributed by atoms with Crippen molar-refractivity contribution in [2.24, 2.45) is 5.92 Å². The minimum Gasteiger partial charge on any atom is -0.475 e. The number of aromatic nitrogens is 5. The van der Waals surface area contributed by atoms with Crippen LogP contribution in [-0.4, -0.2) is 31.8 Å². The second-order valence-electron chi connectivity index (χ2n) is 6.98. The average molecular weight is 400 g/mol. The van der Waals surface area contributed by atoms with Crippen LogP contribution in [0, 0.1) is 32.5 Å². The van der Waals surface area contributed by atoms with Gasteiger partial charge in [0.1, 0.15) is 15.8 Å². The van der Waals surface area contributed by atoms with E-state index in [9.17, 15) is 4.39 Å². The zero-order valence-electron chi connectivity index (χ0n) is 15.9. The smallest absolute Gasteiger partial charge is 0.256 e. The molecule has 2 unspecified atom stereocenters. The van der Waals surface area contributed by atoms with Crippen molar-refractivity contribution < 1.29 is 9.13 Å².